The summed E-state index contributed by atoms with van der Waals surface area (Å²) in [4.78, 5) is 0. The van der Waals surface area contributed by atoms with E-state index in [0.717, 1.165) is 24.3 Å². The number of ether oxygens (including phenoxy) is 3. The van der Waals surface area contributed by atoms with E-state index >= 15 is 0 Å². The lowest BCUT2D eigenvalue weighted by Gasteiger charge is -2.24. The lowest BCUT2D eigenvalue weighted by atomic mass is 10.0. The first-order valence-electron chi connectivity index (χ1n) is 7.93. The molecule has 1 saturated carbocycles. The van der Waals surface area contributed by atoms with Crippen LogP contribution in [0.2, 0.25) is 0 Å². The van der Waals surface area contributed by atoms with Gasteiger partial charge in [0.2, 0.25) is 6.79 Å². The molecule has 0 saturated heterocycles. The third-order valence-corrected chi connectivity index (χ3v) is 4.56. The van der Waals surface area contributed by atoms with Crippen molar-refractivity contribution in [2.24, 2.45) is 0 Å². The van der Waals surface area contributed by atoms with Crippen molar-refractivity contribution in [3.63, 3.8) is 0 Å². The number of hydrogen-bond donors (Lipinski definition) is 1. The largest absolute Gasteiger partial charge is 0.454 e. The number of nitrogens with one attached hydrogen (secondary N) is 1. The van der Waals surface area contributed by atoms with Crippen LogP contribution in [0.4, 0.5) is 0 Å². The lowest BCUT2D eigenvalue weighted by Crippen LogP contribution is -2.42. The topological polar surface area (TPSA) is 39.7 Å². The second-order valence-corrected chi connectivity index (χ2v) is 6.11. The van der Waals surface area contributed by atoms with Gasteiger partial charge in [-0.15, -0.1) is 0 Å². The SMILES string of the molecule is COC1CCCC1NC(C)CCc1ccc2c(c1)OCO2. The summed E-state index contributed by atoms with van der Waals surface area (Å²) in [5.74, 6) is 1.74. The Labute approximate surface area is 126 Å². The van der Waals surface area contributed by atoms with Gasteiger partial charge in [0.1, 0.15) is 0 Å². The van der Waals surface area contributed by atoms with Gasteiger partial charge < -0.3 is 19.5 Å². The minimum atomic E-state index is 0.344. The van der Waals surface area contributed by atoms with Crippen LogP contribution in [0.25, 0.3) is 0 Å². The Balaban J connectivity index is 1.48. The van der Waals surface area contributed by atoms with E-state index in [1.165, 1.54) is 24.8 Å². The Morgan fingerprint density at radius 1 is 1.29 bits per heavy atom. The first kappa shape index (κ1) is 14.7. The Morgan fingerprint density at radius 2 is 2.14 bits per heavy atom. The van der Waals surface area contributed by atoms with E-state index in [1.54, 1.807) is 0 Å². The molecule has 3 rings (SSSR count). The molecule has 4 nitrogen and oxygen atoms in total. The van der Waals surface area contributed by atoms with E-state index < -0.39 is 0 Å². The van der Waals surface area contributed by atoms with Crippen LogP contribution in [-0.4, -0.2) is 32.1 Å². The van der Waals surface area contributed by atoms with E-state index in [9.17, 15) is 0 Å². The number of aryl methyl sites for hydroxylation is 1. The Kier molecular flexibility index (Phi) is 4.66. The zero-order chi connectivity index (χ0) is 14.7. The maximum atomic E-state index is 5.54. The van der Waals surface area contributed by atoms with Crippen LogP contribution in [0.5, 0.6) is 11.5 Å². The molecule has 0 spiro atoms. The highest BCUT2D eigenvalue weighted by Gasteiger charge is 2.27. The number of benzene rings is 1. The van der Waals surface area contributed by atoms with Gasteiger partial charge in [-0.1, -0.05) is 6.07 Å². The number of rotatable bonds is 6. The predicted molar refractivity (Wildman–Crippen MR) is 81.9 cm³/mol. The van der Waals surface area contributed by atoms with Crippen molar-refractivity contribution >= 4 is 0 Å². The van der Waals surface area contributed by atoms with Crippen LogP contribution in [0.1, 0.15) is 38.2 Å². The van der Waals surface area contributed by atoms with Gasteiger partial charge in [0.05, 0.1) is 6.10 Å². The molecule has 1 aromatic rings. The van der Waals surface area contributed by atoms with Crippen molar-refractivity contribution in [3.8, 4) is 11.5 Å². The summed E-state index contributed by atoms with van der Waals surface area (Å²) in [6.07, 6.45) is 6.24. The van der Waals surface area contributed by atoms with E-state index in [1.807, 2.05) is 13.2 Å². The van der Waals surface area contributed by atoms with Crippen LogP contribution < -0.4 is 14.8 Å². The first-order valence-corrected chi connectivity index (χ1v) is 7.93. The zero-order valence-corrected chi connectivity index (χ0v) is 12.9. The van der Waals surface area contributed by atoms with Gasteiger partial charge >= 0.3 is 0 Å². The molecule has 2 aliphatic rings. The molecule has 1 heterocycles. The van der Waals surface area contributed by atoms with Gasteiger partial charge in [-0.05, 0) is 56.7 Å². The minimum absolute atomic E-state index is 0.344. The molecule has 4 heteroatoms. The van der Waals surface area contributed by atoms with Crippen LogP contribution in [0.15, 0.2) is 18.2 Å². The van der Waals surface area contributed by atoms with Crippen molar-refractivity contribution in [2.45, 2.75) is 57.2 Å². The van der Waals surface area contributed by atoms with Crippen molar-refractivity contribution in [3.05, 3.63) is 23.8 Å². The fourth-order valence-electron chi connectivity index (χ4n) is 3.33. The van der Waals surface area contributed by atoms with Gasteiger partial charge in [-0.3, -0.25) is 0 Å². The Bertz CT molecular complexity index is 477. The zero-order valence-electron chi connectivity index (χ0n) is 12.9. The van der Waals surface area contributed by atoms with Crippen molar-refractivity contribution < 1.29 is 14.2 Å². The van der Waals surface area contributed by atoms with E-state index in [0.29, 0.717) is 25.0 Å². The van der Waals surface area contributed by atoms with Crippen LogP contribution in [0.3, 0.4) is 0 Å². The van der Waals surface area contributed by atoms with E-state index in [4.69, 9.17) is 14.2 Å². The molecule has 1 fully saturated rings. The summed E-state index contributed by atoms with van der Waals surface area (Å²) in [6, 6.07) is 7.25. The molecule has 0 amide bonds. The third-order valence-electron chi connectivity index (χ3n) is 4.56. The van der Waals surface area contributed by atoms with Gasteiger partial charge in [0.15, 0.2) is 11.5 Å². The summed E-state index contributed by atoms with van der Waals surface area (Å²) < 4.78 is 16.3. The third kappa shape index (κ3) is 3.50. The summed E-state index contributed by atoms with van der Waals surface area (Å²) in [6.45, 7) is 2.61. The average Bonchev–Trinajstić information content (AvgIpc) is 3.12. The molecular weight excluding hydrogens is 266 g/mol. The van der Waals surface area contributed by atoms with Gasteiger partial charge in [0, 0.05) is 19.2 Å². The molecule has 0 aromatic heterocycles. The maximum absolute atomic E-state index is 5.54. The molecule has 1 aliphatic carbocycles. The highest BCUT2D eigenvalue weighted by atomic mass is 16.7. The Hall–Kier alpha value is -1.26. The standard InChI is InChI=1S/C17H25NO3/c1-12(18-14-4-3-5-15(14)19-2)6-7-13-8-9-16-17(10-13)21-11-20-16/h8-10,12,14-15,18H,3-7,11H2,1-2H3. The molecule has 21 heavy (non-hydrogen) atoms. The van der Waals surface area contributed by atoms with Gasteiger partial charge in [-0.25, -0.2) is 0 Å². The van der Waals surface area contributed by atoms with Gasteiger partial charge in [-0.2, -0.15) is 0 Å². The molecule has 3 atom stereocenters. The summed E-state index contributed by atoms with van der Waals surface area (Å²) in [5, 5.41) is 3.72. The molecular formula is C17H25NO3. The van der Waals surface area contributed by atoms with E-state index in [2.05, 4.69) is 24.4 Å². The molecule has 3 unspecified atom stereocenters. The number of hydrogen-bond acceptors (Lipinski definition) is 4. The summed E-state index contributed by atoms with van der Waals surface area (Å²) >= 11 is 0. The molecule has 0 radical (unpaired) electrons. The highest BCUT2D eigenvalue weighted by molar-refractivity contribution is 5.44. The molecule has 1 aromatic carbocycles. The van der Waals surface area contributed by atoms with Crippen molar-refractivity contribution in [1.82, 2.24) is 5.32 Å². The van der Waals surface area contributed by atoms with Crippen LogP contribution in [0, 0.1) is 0 Å². The fraction of sp³-hybridized carbons (Fsp3) is 0.647. The van der Waals surface area contributed by atoms with Crippen LogP contribution >= 0.6 is 0 Å². The Morgan fingerprint density at radius 3 is 3.00 bits per heavy atom. The second-order valence-electron chi connectivity index (χ2n) is 6.11. The smallest absolute Gasteiger partial charge is 0.231 e. The fourth-order valence-corrected chi connectivity index (χ4v) is 3.33. The molecule has 1 aliphatic heterocycles. The first-order chi connectivity index (χ1) is 10.3. The van der Waals surface area contributed by atoms with E-state index in [-0.39, 0.29) is 0 Å². The second kappa shape index (κ2) is 6.67. The summed E-state index contributed by atoms with van der Waals surface area (Å²) in [7, 11) is 1.82. The van der Waals surface area contributed by atoms with Gasteiger partial charge in [0.25, 0.3) is 0 Å². The van der Waals surface area contributed by atoms with Crippen molar-refractivity contribution in [2.75, 3.05) is 13.9 Å². The number of fused-ring (bicyclic) bond motifs is 1. The molecule has 1 N–H and O–H groups in total. The van der Waals surface area contributed by atoms with Crippen LogP contribution in [-0.2, 0) is 11.2 Å². The summed E-state index contributed by atoms with van der Waals surface area (Å²) in [5.41, 5.74) is 1.31. The molecule has 0 bridgehead atoms. The average molecular weight is 291 g/mol. The monoisotopic (exact) mass is 291 g/mol. The maximum Gasteiger partial charge on any atom is 0.231 e. The highest BCUT2D eigenvalue weighted by Crippen LogP contribution is 2.32. The normalized spacial score (nSPS) is 25.2. The minimum Gasteiger partial charge on any atom is -0.454 e. The predicted octanol–water partition coefficient (Wildman–Crippen LogP) is 2.89. The number of methoxy groups -OCH3 is 1. The quantitative estimate of drug-likeness (QED) is 0.875. The molecule has 116 valence electrons. The lowest BCUT2D eigenvalue weighted by molar-refractivity contribution is 0.0816. The van der Waals surface area contributed by atoms with Crippen molar-refractivity contribution in [1.29, 1.82) is 0 Å².